The predicted molar refractivity (Wildman–Crippen MR) is 66.9 cm³/mol. The Labute approximate surface area is 94.3 Å². The molecular formula is C13H24N2. The highest BCUT2D eigenvalue weighted by molar-refractivity contribution is 5.26. The summed E-state index contributed by atoms with van der Waals surface area (Å²) in [5.74, 6) is 0. The lowest BCUT2D eigenvalue weighted by atomic mass is 10.0. The lowest BCUT2D eigenvalue weighted by Crippen LogP contribution is -2.31. The van der Waals surface area contributed by atoms with E-state index in [0.29, 0.717) is 0 Å². The normalized spacial score (nSPS) is 16.3. The van der Waals surface area contributed by atoms with Gasteiger partial charge in [0.1, 0.15) is 0 Å². The highest BCUT2D eigenvalue weighted by Gasteiger charge is 2.09. The van der Waals surface area contributed by atoms with Crippen molar-refractivity contribution in [1.29, 1.82) is 0 Å². The van der Waals surface area contributed by atoms with Crippen molar-refractivity contribution < 1.29 is 0 Å². The molecule has 0 radical (unpaired) electrons. The number of hydrogen-bond donors (Lipinski definition) is 0. The predicted octanol–water partition coefficient (Wildman–Crippen LogP) is 2.49. The molecule has 0 amide bonds. The molecule has 0 heterocycles. The van der Waals surface area contributed by atoms with Gasteiger partial charge in [0.25, 0.3) is 0 Å². The average Bonchev–Trinajstić information content (AvgIpc) is 2.26. The molecule has 2 heteroatoms. The number of rotatable bonds is 5. The van der Waals surface area contributed by atoms with Gasteiger partial charge in [-0.3, -0.25) is 0 Å². The Hall–Kier alpha value is -0.760. The molecular weight excluding hydrogens is 184 g/mol. The minimum absolute atomic E-state index is 1.13. The van der Waals surface area contributed by atoms with Crippen molar-refractivity contribution in [2.75, 3.05) is 33.7 Å². The molecule has 0 bridgehead atoms. The van der Waals surface area contributed by atoms with Crippen LogP contribution in [0.4, 0.5) is 0 Å². The summed E-state index contributed by atoms with van der Waals surface area (Å²) in [6, 6.07) is 0. The first kappa shape index (κ1) is 12.3. The van der Waals surface area contributed by atoms with Gasteiger partial charge in [0.2, 0.25) is 0 Å². The third kappa shape index (κ3) is 3.71. The van der Waals surface area contributed by atoms with Gasteiger partial charge < -0.3 is 9.80 Å². The van der Waals surface area contributed by atoms with Crippen LogP contribution in [0, 0.1) is 0 Å². The summed E-state index contributed by atoms with van der Waals surface area (Å²) >= 11 is 0. The SMILES string of the molecule is CCN(C)CCN(C)C1=C(C)C=CCC1. The Morgan fingerprint density at radius 2 is 2.00 bits per heavy atom. The summed E-state index contributed by atoms with van der Waals surface area (Å²) < 4.78 is 0. The van der Waals surface area contributed by atoms with Crippen LogP contribution in [0.3, 0.4) is 0 Å². The molecule has 0 saturated carbocycles. The van der Waals surface area contributed by atoms with E-state index in [-0.39, 0.29) is 0 Å². The zero-order chi connectivity index (χ0) is 11.3. The van der Waals surface area contributed by atoms with Crippen LogP contribution in [0.2, 0.25) is 0 Å². The van der Waals surface area contributed by atoms with E-state index in [1.807, 2.05) is 0 Å². The molecule has 0 spiro atoms. The number of nitrogens with zero attached hydrogens (tertiary/aromatic N) is 2. The van der Waals surface area contributed by atoms with E-state index in [9.17, 15) is 0 Å². The minimum Gasteiger partial charge on any atom is -0.376 e. The van der Waals surface area contributed by atoms with Gasteiger partial charge in [-0.05, 0) is 38.9 Å². The highest BCUT2D eigenvalue weighted by atomic mass is 15.2. The summed E-state index contributed by atoms with van der Waals surface area (Å²) in [7, 11) is 4.39. The molecule has 1 aliphatic carbocycles. The number of hydrogen-bond acceptors (Lipinski definition) is 2. The average molecular weight is 208 g/mol. The Morgan fingerprint density at radius 3 is 2.60 bits per heavy atom. The Morgan fingerprint density at radius 1 is 1.27 bits per heavy atom. The van der Waals surface area contributed by atoms with Crippen LogP contribution in [0.25, 0.3) is 0 Å². The standard InChI is InChI=1S/C13H24N2/c1-5-14(3)10-11-15(4)13-9-7-6-8-12(13)2/h6,8H,5,7,9-11H2,1-4H3. The first-order chi connectivity index (χ1) is 7.15. The zero-order valence-corrected chi connectivity index (χ0v) is 10.6. The first-order valence-corrected chi connectivity index (χ1v) is 5.91. The minimum atomic E-state index is 1.13. The van der Waals surface area contributed by atoms with Crippen LogP contribution in [0.1, 0.15) is 26.7 Å². The van der Waals surface area contributed by atoms with Crippen molar-refractivity contribution in [3.63, 3.8) is 0 Å². The zero-order valence-electron chi connectivity index (χ0n) is 10.6. The van der Waals surface area contributed by atoms with Crippen LogP contribution in [0.5, 0.6) is 0 Å². The van der Waals surface area contributed by atoms with Crippen molar-refractivity contribution in [2.24, 2.45) is 0 Å². The van der Waals surface area contributed by atoms with Crippen molar-refractivity contribution >= 4 is 0 Å². The van der Waals surface area contributed by atoms with Crippen LogP contribution in [0.15, 0.2) is 23.4 Å². The van der Waals surface area contributed by atoms with E-state index < -0.39 is 0 Å². The third-order valence-corrected chi connectivity index (χ3v) is 3.19. The maximum Gasteiger partial charge on any atom is 0.0299 e. The van der Waals surface area contributed by atoms with E-state index in [4.69, 9.17) is 0 Å². The fraction of sp³-hybridized carbons (Fsp3) is 0.692. The monoisotopic (exact) mass is 208 g/mol. The van der Waals surface area contributed by atoms with Crippen molar-refractivity contribution in [1.82, 2.24) is 9.80 Å². The Bertz CT molecular complexity index is 253. The first-order valence-electron chi connectivity index (χ1n) is 5.91. The highest BCUT2D eigenvalue weighted by Crippen LogP contribution is 2.20. The van der Waals surface area contributed by atoms with Crippen molar-refractivity contribution in [2.45, 2.75) is 26.7 Å². The summed E-state index contributed by atoms with van der Waals surface area (Å²) in [6.45, 7) is 7.82. The fourth-order valence-corrected chi connectivity index (χ4v) is 1.88. The van der Waals surface area contributed by atoms with Crippen molar-refractivity contribution in [3.8, 4) is 0 Å². The van der Waals surface area contributed by atoms with Gasteiger partial charge in [0.05, 0.1) is 0 Å². The van der Waals surface area contributed by atoms with Crippen LogP contribution in [-0.4, -0.2) is 43.5 Å². The summed E-state index contributed by atoms with van der Waals surface area (Å²) in [6.07, 6.45) is 6.92. The van der Waals surface area contributed by atoms with Gasteiger partial charge in [-0.15, -0.1) is 0 Å². The Kier molecular flexibility index (Phi) is 4.89. The molecule has 0 aromatic carbocycles. The summed E-state index contributed by atoms with van der Waals surface area (Å²) in [5.41, 5.74) is 2.95. The quantitative estimate of drug-likeness (QED) is 0.685. The third-order valence-electron chi connectivity index (χ3n) is 3.19. The molecule has 0 fully saturated rings. The van der Waals surface area contributed by atoms with Gasteiger partial charge in [0, 0.05) is 25.8 Å². The largest absolute Gasteiger partial charge is 0.376 e. The van der Waals surface area contributed by atoms with Gasteiger partial charge >= 0.3 is 0 Å². The lowest BCUT2D eigenvalue weighted by Gasteiger charge is -2.27. The van der Waals surface area contributed by atoms with E-state index >= 15 is 0 Å². The van der Waals surface area contributed by atoms with Gasteiger partial charge in [0.15, 0.2) is 0 Å². The molecule has 0 N–H and O–H groups in total. The maximum absolute atomic E-state index is 2.41. The molecule has 0 unspecified atom stereocenters. The van der Waals surface area contributed by atoms with E-state index in [0.717, 1.165) is 19.6 Å². The number of likely N-dealkylation sites (N-methyl/N-ethyl adjacent to an activating group) is 2. The second-order valence-corrected chi connectivity index (χ2v) is 4.39. The Balaban J connectivity index is 2.46. The smallest absolute Gasteiger partial charge is 0.0299 e. The molecule has 1 rings (SSSR count). The van der Waals surface area contributed by atoms with Crippen LogP contribution < -0.4 is 0 Å². The second kappa shape index (κ2) is 5.96. The molecule has 15 heavy (non-hydrogen) atoms. The fourth-order valence-electron chi connectivity index (χ4n) is 1.88. The van der Waals surface area contributed by atoms with Crippen LogP contribution in [-0.2, 0) is 0 Å². The maximum atomic E-state index is 2.41. The lowest BCUT2D eigenvalue weighted by molar-refractivity contribution is 0.291. The summed E-state index contributed by atoms with van der Waals surface area (Å²) in [4.78, 5) is 4.76. The van der Waals surface area contributed by atoms with Gasteiger partial charge in [-0.25, -0.2) is 0 Å². The molecule has 0 atom stereocenters. The topological polar surface area (TPSA) is 6.48 Å². The number of allylic oxidation sites excluding steroid dienone is 4. The molecule has 0 aromatic heterocycles. The van der Waals surface area contributed by atoms with Crippen LogP contribution >= 0.6 is 0 Å². The molecule has 0 saturated heterocycles. The van der Waals surface area contributed by atoms with Gasteiger partial charge in [-0.1, -0.05) is 19.1 Å². The van der Waals surface area contributed by atoms with E-state index in [2.05, 4.69) is 49.9 Å². The second-order valence-electron chi connectivity index (χ2n) is 4.39. The van der Waals surface area contributed by atoms with E-state index in [1.54, 1.807) is 0 Å². The van der Waals surface area contributed by atoms with Crippen molar-refractivity contribution in [3.05, 3.63) is 23.4 Å². The molecule has 2 nitrogen and oxygen atoms in total. The summed E-state index contributed by atoms with van der Waals surface area (Å²) in [5, 5.41) is 0. The molecule has 1 aliphatic rings. The van der Waals surface area contributed by atoms with E-state index in [1.165, 1.54) is 24.1 Å². The molecule has 86 valence electrons. The molecule has 0 aromatic rings. The van der Waals surface area contributed by atoms with Gasteiger partial charge in [-0.2, -0.15) is 0 Å². The molecule has 0 aliphatic heterocycles.